The summed E-state index contributed by atoms with van der Waals surface area (Å²) in [5, 5.41) is 0. The Labute approximate surface area is 170 Å². The molecule has 0 aliphatic carbocycles. The van der Waals surface area contributed by atoms with Crippen molar-refractivity contribution in [2.45, 2.75) is 39.3 Å². The Morgan fingerprint density at radius 1 is 1.00 bits per heavy atom. The zero-order valence-corrected chi connectivity index (χ0v) is 17.3. The van der Waals surface area contributed by atoms with Crippen molar-refractivity contribution >= 4 is 23.5 Å². The van der Waals surface area contributed by atoms with Crippen LogP contribution in [0.15, 0.2) is 54.6 Å². The minimum absolute atomic E-state index is 0.411. The van der Waals surface area contributed by atoms with Gasteiger partial charge in [0.1, 0.15) is 17.1 Å². The third-order valence-electron chi connectivity index (χ3n) is 4.32. The van der Waals surface area contributed by atoms with Crippen molar-refractivity contribution in [3.63, 3.8) is 0 Å². The monoisotopic (exact) mass is 395 g/mol. The largest absolute Gasteiger partial charge is 0.497 e. The van der Waals surface area contributed by atoms with Gasteiger partial charge in [0, 0.05) is 12.5 Å². The summed E-state index contributed by atoms with van der Waals surface area (Å²) < 4.78 is 16.4. The number of rotatable bonds is 3. The Bertz CT molecular complexity index is 940. The maximum Gasteiger partial charge on any atom is 0.415 e. The molecule has 1 aliphatic heterocycles. The van der Waals surface area contributed by atoms with E-state index in [4.69, 9.17) is 14.2 Å². The molecule has 0 N–H and O–H groups in total. The van der Waals surface area contributed by atoms with Gasteiger partial charge in [0.15, 0.2) is 0 Å². The first-order valence-corrected chi connectivity index (χ1v) is 9.35. The number of methoxy groups -OCH3 is 1. The van der Waals surface area contributed by atoms with E-state index < -0.39 is 23.7 Å². The lowest BCUT2D eigenvalue weighted by Crippen LogP contribution is -2.40. The summed E-state index contributed by atoms with van der Waals surface area (Å²) in [6.45, 7) is 6.82. The average molecular weight is 395 g/mol. The molecule has 1 heterocycles. The van der Waals surface area contributed by atoms with E-state index in [9.17, 15) is 9.59 Å². The van der Waals surface area contributed by atoms with E-state index >= 15 is 0 Å². The quantitative estimate of drug-likeness (QED) is 0.677. The molecule has 1 amide bonds. The number of esters is 1. The van der Waals surface area contributed by atoms with Crippen LogP contribution in [0.1, 0.15) is 44.9 Å². The molecule has 0 aromatic heterocycles. The summed E-state index contributed by atoms with van der Waals surface area (Å²) in [5.41, 5.74) is 1.44. The van der Waals surface area contributed by atoms with Crippen molar-refractivity contribution < 1.29 is 23.8 Å². The fourth-order valence-electron chi connectivity index (χ4n) is 3.16. The van der Waals surface area contributed by atoms with Crippen molar-refractivity contribution in [3.05, 3.63) is 65.7 Å². The first-order valence-electron chi connectivity index (χ1n) is 9.35. The van der Waals surface area contributed by atoms with Crippen LogP contribution in [-0.4, -0.2) is 24.8 Å². The first kappa shape index (κ1) is 20.5. The Morgan fingerprint density at radius 3 is 2.24 bits per heavy atom. The van der Waals surface area contributed by atoms with Gasteiger partial charge in [-0.1, -0.05) is 24.3 Å². The van der Waals surface area contributed by atoms with Crippen LogP contribution in [0.2, 0.25) is 0 Å². The molecule has 0 radical (unpaired) electrons. The molecule has 1 aliphatic rings. The van der Waals surface area contributed by atoms with Crippen LogP contribution < -0.4 is 9.64 Å². The normalized spacial score (nSPS) is 15.8. The summed E-state index contributed by atoms with van der Waals surface area (Å²) in [4.78, 5) is 26.4. The number of fused-ring (bicyclic) bond motifs is 1. The number of nitrogens with zero attached hydrogens (tertiary/aromatic N) is 1. The summed E-state index contributed by atoms with van der Waals surface area (Å²) in [7, 11) is 1.59. The molecule has 6 heteroatoms. The third-order valence-corrected chi connectivity index (χ3v) is 4.32. The van der Waals surface area contributed by atoms with Crippen LogP contribution in [0.5, 0.6) is 5.75 Å². The molecule has 6 nitrogen and oxygen atoms in total. The van der Waals surface area contributed by atoms with Crippen molar-refractivity contribution in [3.8, 4) is 5.75 Å². The van der Waals surface area contributed by atoms with E-state index in [1.54, 1.807) is 18.1 Å². The van der Waals surface area contributed by atoms with Crippen LogP contribution in [0.4, 0.5) is 10.5 Å². The highest BCUT2D eigenvalue weighted by Crippen LogP contribution is 2.41. The fourth-order valence-corrected chi connectivity index (χ4v) is 3.16. The van der Waals surface area contributed by atoms with Gasteiger partial charge in [0.25, 0.3) is 0 Å². The van der Waals surface area contributed by atoms with E-state index in [1.807, 2.05) is 69.3 Å². The van der Waals surface area contributed by atoms with Gasteiger partial charge in [0.05, 0.1) is 18.8 Å². The number of benzene rings is 2. The predicted octanol–water partition coefficient (Wildman–Crippen LogP) is 5.10. The van der Waals surface area contributed by atoms with Crippen LogP contribution in [0.25, 0.3) is 5.76 Å². The fraction of sp³-hybridized carbons (Fsp3) is 0.304. The minimum Gasteiger partial charge on any atom is -0.497 e. The molecular formula is C23H25NO5. The molecule has 29 heavy (non-hydrogen) atoms. The average Bonchev–Trinajstić information content (AvgIpc) is 2.66. The number of carbonyl (C=O) groups excluding carboxylic acids is 2. The van der Waals surface area contributed by atoms with Gasteiger partial charge in [-0.3, -0.25) is 9.69 Å². The van der Waals surface area contributed by atoms with Gasteiger partial charge in [0.2, 0.25) is 0 Å². The van der Waals surface area contributed by atoms with E-state index in [1.165, 1.54) is 6.92 Å². The van der Waals surface area contributed by atoms with Crippen LogP contribution in [0.3, 0.4) is 0 Å². The number of carbonyl (C=O) groups is 2. The lowest BCUT2D eigenvalue weighted by Gasteiger charge is -2.36. The number of ether oxygens (including phenoxy) is 3. The van der Waals surface area contributed by atoms with Gasteiger partial charge in [-0.25, -0.2) is 4.79 Å². The SMILES string of the molecule is COc1ccc(C2C=C(OC(C)=O)c3ccccc3N2C(=O)OC(C)(C)C)cc1. The standard InChI is InChI=1S/C23H25NO5/c1-15(25)28-21-14-20(16-10-12-17(27-5)13-11-16)24(22(26)29-23(2,3)4)19-9-7-6-8-18(19)21/h6-14,20H,1-5H3. The zero-order chi connectivity index (χ0) is 21.2. The van der Waals surface area contributed by atoms with Crippen molar-refractivity contribution in [2.24, 2.45) is 0 Å². The Kier molecular flexibility index (Phi) is 5.64. The Hall–Kier alpha value is -3.28. The Morgan fingerprint density at radius 2 is 1.66 bits per heavy atom. The Balaban J connectivity index is 2.14. The molecule has 0 spiro atoms. The zero-order valence-electron chi connectivity index (χ0n) is 17.3. The molecule has 152 valence electrons. The summed E-state index contributed by atoms with van der Waals surface area (Å²) in [5.74, 6) is 0.692. The van der Waals surface area contributed by atoms with E-state index in [0.29, 0.717) is 22.8 Å². The van der Waals surface area contributed by atoms with Gasteiger partial charge in [-0.2, -0.15) is 0 Å². The summed E-state index contributed by atoms with van der Waals surface area (Å²) in [6, 6.07) is 14.2. The van der Waals surface area contributed by atoms with Gasteiger partial charge < -0.3 is 14.2 Å². The molecule has 2 aromatic carbocycles. The van der Waals surface area contributed by atoms with Crippen molar-refractivity contribution in [2.75, 3.05) is 12.0 Å². The minimum atomic E-state index is -0.656. The second-order valence-electron chi connectivity index (χ2n) is 7.71. The van der Waals surface area contributed by atoms with E-state index in [2.05, 4.69) is 0 Å². The molecule has 1 atom stereocenters. The highest BCUT2D eigenvalue weighted by atomic mass is 16.6. The highest BCUT2D eigenvalue weighted by Gasteiger charge is 2.36. The lowest BCUT2D eigenvalue weighted by molar-refractivity contribution is -0.134. The van der Waals surface area contributed by atoms with Gasteiger partial charge in [-0.15, -0.1) is 0 Å². The number of amides is 1. The first-order chi connectivity index (χ1) is 13.7. The molecule has 1 unspecified atom stereocenters. The van der Waals surface area contributed by atoms with Crippen LogP contribution in [-0.2, 0) is 14.3 Å². The lowest BCUT2D eigenvalue weighted by atomic mass is 9.96. The topological polar surface area (TPSA) is 65.1 Å². The second kappa shape index (κ2) is 7.99. The molecule has 0 bridgehead atoms. The number of hydrogen-bond acceptors (Lipinski definition) is 5. The predicted molar refractivity (Wildman–Crippen MR) is 111 cm³/mol. The second-order valence-corrected chi connectivity index (χ2v) is 7.71. The molecule has 3 rings (SSSR count). The molecule has 0 fully saturated rings. The smallest absolute Gasteiger partial charge is 0.415 e. The summed E-state index contributed by atoms with van der Waals surface area (Å²) in [6.07, 6.45) is 1.28. The van der Waals surface area contributed by atoms with Crippen molar-refractivity contribution in [1.82, 2.24) is 0 Å². The van der Waals surface area contributed by atoms with Gasteiger partial charge >= 0.3 is 12.1 Å². The molecule has 2 aromatic rings. The maximum atomic E-state index is 13.2. The number of para-hydroxylation sites is 1. The third kappa shape index (κ3) is 4.59. The van der Waals surface area contributed by atoms with Crippen LogP contribution in [0, 0.1) is 0 Å². The number of hydrogen-bond donors (Lipinski definition) is 0. The number of anilines is 1. The molecular weight excluding hydrogens is 370 g/mol. The maximum absolute atomic E-state index is 13.2. The highest BCUT2D eigenvalue weighted by molar-refractivity contribution is 5.96. The molecule has 0 saturated heterocycles. The van der Waals surface area contributed by atoms with E-state index in [0.717, 1.165) is 5.56 Å². The van der Waals surface area contributed by atoms with Gasteiger partial charge in [-0.05, 0) is 56.7 Å². The summed E-state index contributed by atoms with van der Waals surface area (Å²) >= 11 is 0. The van der Waals surface area contributed by atoms with E-state index in [-0.39, 0.29) is 0 Å². The van der Waals surface area contributed by atoms with Crippen molar-refractivity contribution in [1.29, 1.82) is 0 Å². The molecule has 0 saturated carbocycles. The van der Waals surface area contributed by atoms with Crippen LogP contribution >= 0.6 is 0 Å².